The molecule has 6 heteroatoms. The van der Waals surface area contributed by atoms with Crippen molar-refractivity contribution in [2.75, 3.05) is 13.2 Å². The van der Waals surface area contributed by atoms with Crippen molar-refractivity contribution in [1.82, 2.24) is 5.32 Å². The number of rotatable bonds is 60. The molecule has 0 aromatic carbocycles. The Labute approximate surface area is 443 Å². The molecule has 3 N–H and O–H groups in total. The Hall–Kier alpha value is -1.66. The quantitative estimate of drug-likeness (QED) is 0.0320. The first-order valence-corrected chi connectivity index (χ1v) is 32.1. The third kappa shape index (κ3) is 57.5. The second kappa shape index (κ2) is 60.9. The van der Waals surface area contributed by atoms with Crippen LogP contribution in [0.15, 0.2) is 24.3 Å². The standard InChI is InChI=1S/C65H125NO5/c1-3-5-7-9-11-13-15-17-18-19-20-21-22-24-27-30-34-37-41-45-49-53-57-63(68)62(61-67)66-64(69)58-54-50-46-42-38-35-31-28-25-23-26-29-32-36-40-44-48-52-56-60-71-65(70)59-55-51-47-43-39-33-16-14-12-10-8-6-4-2/h8,10,14,16,62-63,67-68H,3-7,9,11-13,15,17-61H2,1-2H3,(H,66,69)/b10-8-,16-14-. The Morgan fingerprint density at radius 2 is 0.732 bits per heavy atom. The molecule has 0 spiro atoms. The maximum atomic E-state index is 12.5. The van der Waals surface area contributed by atoms with Gasteiger partial charge in [0, 0.05) is 12.8 Å². The first-order chi connectivity index (χ1) is 35.0. The molecule has 0 aliphatic carbocycles. The number of esters is 1. The zero-order chi connectivity index (χ0) is 51.4. The largest absolute Gasteiger partial charge is 0.466 e. The van der Waals surface area contributed by atoms with E-state index in [4.69, 9.17) is 4.74 Å². The normalized spacial score (nSPS) is 12.7. The van der Waals surface area contributed by atoms with Gasteiger partial charge < -0.3 is 20.3 Å². The Kier molecular flexibility index (Phi) is 59.5. The predicted molar refractivity (Wildman–Crippen MR) is 310 cm³/mol. The fraction of sp³-hybridized carbons (Fsp3) is 0.908. The average molecular weight is 1000 g/mol. The highest BCUT2D eigenvalue weighted by atomic mass is 16.5. The van der Waals surface area contributed by atoms with Gasteiger partial charge in [0.25, 0.3) is 0 Å². The summed E-state index contributed by atoms with van der Waals surface area (Å²) in [5.74, 6) is -0.0399. The van der Waals surface area contributed by atoms with Gasteiger partial charge in [0.2, 0.25) is 5.91 Å². The van der Waals surface area contributed by atoms with Crippen LogP contribution in [0.4, 0.5) is 0 Å². The van der Waals surface area contributed by atoms with Crippen LogP contribution in [0.2, 0.25) is 0 Å². The molecule has 0 radical (unpaired) electrons. The van der Waals surface area contributed by atoms with Crippen molar-refractivity contribution in [3.05, 3.63) is 24.3 Å². The number of carbonyl (C=O) groups excluding carboxylic acids is 2. The van der Waals surface area contributed by atoms with E-state index < -0.39 is 12.1 Å². The molecule has 0 fully saturated rings. The predicted octanol–water partition coefficient (Wildman–Crippen LogP) is 20.2. The smallest absolute Gasteiger partial charge is 0.305 e. The highest BCUT2D eigenvalue weighted by molar-refractivity contribution is 5.76. The zero-order valence-corrected chi connectivity index (χ0v) is 48.0. The number of nitrogens with one attached hydrogen (secondary N) is 1. The highest BCUT2D eigenvalue weighted by Gasteiger charge is 2.20. The summed E-state index contributed by atoms with van der Waals surface area (Å²) >= 11 is 0. The maximum Gasteiger partial charge on any atom is 0.305 e. The average Bonchev–Trinajstić information content (AvgIpc) is 3.37. The molecule has 0 aliphatic heterocycles. The van der Waals surface area contributed by atoms with Crippen LogP contribution in [0.3, 0.4) is 0 Å². The summed E-state index contributed by atoms with van der Waals surface area (Å²) in [7, 11) is 0. The van der Waals surface area contributed by atoms with Crippen molar-refractivity contribution < 1.29 is 24.5 Å². The summed E-state index contributed by atoms with van der Waals surface area (Å²) in [5.41, 5.74) is 0. The lowest BCUT2D eigenvalue weighted by atomic mass is 10.0. The topological polar surface area (TPSA) is 95.9 Å². The van der Waals surface area contributed by atoms with E-state index in [-0.39, 0.29) is 18.5 Å². The lowest BCUT2D eigenvalue weighted by Gasteiger charge is -2.22. The van der Waals surface area contributed by atoms with E-state index in [1.165, 1.54) is 270 Å². The van der Waals surface area contributed by atoms with Crippen LogP contribution in [0.1, 0.15) is 354 Å². The second-order valence-corrected chi connectivity index (χ2v) is 22.1. The highest BCUT2D eigenvalue weighted by Crippen LogP contribution is 2.18. The summed E-state index contributed by atoms with van der Waals surface area (Å²) in [6, 6.07) is -0.545. The van der Waals surface area contributed by atoms with Gasteiger partial charge in [0.1, 0.15) is 0 Å². The fourth-order valence-electron chi connectivity index (χ4n) is 10.1. The van der Waals surface area contributed by atoms with E-state index in [0.717, 1.165) is 51.4 Å². The number of hydrogen-bond donors (Lipinski definition) is 3. The number of allylic oxidation sites excluding steroid dienone is 4. The minimum absolute atomic E-state index is 0.00555. The van der Waals surface area contributed by atoms with Crippen LogP contribution in [-0.4, -0.2) is 47.4 Å². The molecule has 1 amide bonds. The van der Waals surface area contributed by atoms with Crippen molar-refractivity contribution in [2.24, 2.45) is 0 Å². The Bertz CT molecular complexity index is 1110. The van der Waals surface area contributed by atoms with E-state index in [1.807, 2.05) is 0 Å². The van der Waals surface area contributed by atoms with Crippen molar-refractivity contribution in [2.45, 2.75) is 366 Å². The molecule has 0 saturated heterocycles. The second-order valence-electron chi connectivity index (χ2n) is 22.1. The molecule has 0 saturated carbocycles. The summed E-state index contributed by atoms with van der Waals surface area (Å²) < 4.78 is 5.47. The number of amides is 1. The van der Waals surface area contributed by atoms with Crippen LogP contribution < -0.4 is 5.32 Å². The van der Waals surface area contributed by atoms with Gasteiger partial charge in [-0.2, -0.15) is 0 Å². The van der Waals surface area contributed by atoms with E-state index >= 15 is 0 Å². The van der Waals surface area contributed by atoms with E-state index in [9.17, 15) is 19.8 Å². The number of unbranched alkanes of at least 4 members (excludes halogenated alkanes) is 45. The SMILES string of the molecule is CCC/C=C\C/C=C\CCCCCCCC(=O)OCCCCCCCCCCCCCCCCCCCCCC(=O)NC(CO)C(O)CCCCCCCCCCCCCCCCCCCCCCCC. The van der Waals surface area contributed by atoms with Crippen LogP contribution in [0.25, 0.3) is 0 Å². The number of aliphatic hydroxyl groups is 2. The van der Waals surface area contributed by atoms with Crippen LogP contribution in [-0.2, 0) is 14.3 Å². The van der Waals surface area contributed by atoms with Gasteiger partial charge in [-0.1, -0.05) is 314 Å². The molecule has 0 aliphatic rings. The lowest BCUT2D eigenvalue weighted by molar-refractivity contribution is -0.143. The Morgan fingerprint density at radius 1 is 0.394 bits per heavy atom. The molecular formula is C65H125NO5. The van der Waals surface area contributed by atoms with Crippen molar-refractivity contribution in [3.63, 3.8) is 0 Å². The minimum Gasteiger partial charge on any atom is -0.466 e. The van der Waals surface area contributed by atoms with Gasteiger partial charge in [-0.25, -0.2) is 0 Å². The number of hydrogen-bond acceptors (Lipinski definition) is 5. The molecule has 420 valence electrons. The third-order valence-corrected chi connectivity index (χ3v) is 15.0. The number of ether oxygens (including phenoxy) is 1. The number of aliphatic hydroxyl groups excluding tert-OH is 2. The van der Waals surface area contributed by atoms with Gasteiger partial charge in [-0.15, -0.1) is 0 Å². The minimum atomic E-state index is -0.668. The third-order valence-electron chi connectivity index (χ3n) is 15.0. The molecule has 0 aromatic heterocycles. The summed E-state index contributed by atoms with van der Waals surface area (Å²) in [6.45, 7) is 4.91. The van der Waals surface area contributed by atoms with Gasteiger partial charge in [0.05, 0.1) is 25.4 Å². The van der Waals surface area contributed by atoms with E-state index in [1.54, 1.807) is 0 Å². The molecule has 6 nitrogen and oxygen atoms in total. The van der Waals surface area contributed by atoms with Crippen molar-refractivity contribution in [3.8, 4) is 0 Å². The molecule has 71 heavy (non-hydrogen) atoms. The van der Waals surface area contributed by atoms with Gasteiger partial charge in [0.15, 0.2) is 0 Å². The molecule has 2 unspecified atom stereocenters. The zero-order valence-electron chi connectivity index (χ0n) is 48.0. The van der Waals surface area contributed by atoms with Gasteiger partial charge in [-0.3, -0.25) is 9.59 Å². The van der Waals surface area contributed by atoms with Gasteiger partial charge in [-0.05, 0) is 51.4 Å². The number of carbonyl (C=O) groups is 2. The summed E-state index contributed by atoms with van der Waals surface area (Å²) in [4.78, 5) is 24.6. The molecule has 0 heterocycles. The van der Waals surface area contributed by atoms with Crippen LogP contribution >= 0.6 is 0 Å². The van der Waals surface area contributed by atoms with Crippen molar-refractivity contribution >= 4 is 11.9 Å². The Morgan fingerprint density at radius 3 is 1.13 bits per heavy atom. The van der Waals surface area contributed by atoms with Crippen LogP contribution in [0, 0.1) is 0 Å². The molecule has 0 aromatic rings. The fourth-order valence-corrected chi connectivity index (χ4v) is 10.1. The molecule has 2 atom stereocenters. The molecular weight excluding hydrogens is 875 g/mol. The first-order valence-electron chi connectivity index (χ1n) is 32.1. The van der Waals surface area contributed by atoms with Crippen molar-refractivity contribution in [1.29, 1.82) is 0 Å². The monoisotopic (exact) mass is 1000 g/mol. The Balaban J connectivity index is 3.41. The van der Waals surface area contributed by atoms with E-state index in [0.29, 0.717) is 25.9 Å². The molecule has 0 bridgehead atoms. The van der Waals surface area contributed by atoms with Crippen LogP contribution in [0.5, 0.6) is 0 Å². The first kappa shape index (κ1) is 69.3. The lowest BCUT2D eigenvalue weighted by Crippen LogP contribution is -2.45. The molecule has 0 rings (SSSR count). The van der Waals surface area contributed by atoms with E-state index in [2.05, 4.69) is 43.5 Å². The van der Waals surface area contributed by atoms with Gasteiger partial charge >= 0.3 is 5.97 Å². The maximum absolute atomic E-state index is 12.5. The summed E-state index contributed by atoms with van der Waals surface area (Å²) in [6.07, 6.45) is 74.8. The summed E-state index contributed by atoms with van der Waals surface area (Å²) in [5, 5.41) is 23.4.